The number of rotatable bonds is 7. The van der Waals surface area contributed by atoms with Gasteiger partial charge in [-0.1, -0.05) is 48.6 Å². The zero-order chi connectivity index (χ0) is 27.5. The Morgan fingerprint density at radius 3 is 2.46 bits per heavy atom. The van der Waals surface area contributed by atoms with E-state index in [0.29, 0.717) is 6.42 Å². The Morgan fingerprint density at radius 1 is 0.974 bits per heavy atom. The van der Waals surface area contributed by atoms with Crippen molar-refractivity contribution >= 4 is 23.6 Å². The minimum atomic E-state index is -1.59. The van der Waals surface area contributed by atoms with Crippen LogP contribution in [0.25, 0.3) is 6.08 Å². The highest BCUT2D eigenvalue weighted by Crippen LogP contribution is 2.25. The first kappa shape index (κ1) is 25.7. The maximum atomic E-state index is 13.6. The molecule has 2 amide bonds. The van der Waals surface area contributed by atoms with E-state index < -0.39 is 35.0 Å². The van der Waals surface area contributed by atoms with Crippen LogP contribution in [0.15, 0.2) is 89.9 Å². The Hall–Kier alpha value is -4.92. The van der Waals surface area contributed by atoms with Crippen molar-refractivity contribution in [2.45, 2.75) is 19.0 Å². The van der Waals surface area contributed by atoms with E-state index in [1.54, 1.807) is 6.08 Å². The molecule has 0 saturated carbocycles. The summed E-state index contributed by atoms with van der Waals surface area (Å²) in [5.41, 5.74) is 2.45. The fourth-order valence-electron chi connectivity index (χ4n) is 4.41. The van der Waals surface area contributed by atoms with Crippen LogP contribution in [0.3, 0.4) is 0 Å². The van der Waals surface area contributed by atoms with Crippen molar-refractivity contribution in [2.75, 3.05) is 5.32 Å². The number of carbonyl (C=O) groups excluding carboxylic acids is 2. The lowest BCUT2D eigenvalue weighted by molar-refractivity contribution is -0.115. The lowest BCUT2D eigenvalue weighted by atomic mass is 10.0. The molecule has 9 heteroatoms. The number of nitrogens with zero attached hydrogens (tertiary/aromatic N) is 1. The molecule has 0 fully saturated rings. The molecular formula is C30H22F3N3O3. The molecule has 4 aromatic rings. The van der Waals surface area contributed by atoms with Crippen molar-refractivity contribution in [3.05, 3.63) is 141 Å². The number of halogens is 3. The van der Waals surface area contributed by atoms with Gasteiger partial charge in [0.25, 0.3) is 11.5 Å². The molecule has 0 bridgehead atoms. The summed E-state index contributed by atoms with van der Waals surface area (Å²) in [4.78, 5) is 38.0. The molecule has 1 aromatic heterocycles. The predicted molar refractivity (Wildman–Crippen MR) is 141 cm³/mol. The number of anilines is 1. The number of pyridine rings is 1. The summed E-state index contributed by atoms with van der Waals surface area (Å²) in [7, 11) is 0. The number of hydrogen-bond acceptors (Lipinski definition) is 3. The fraction of sp³-hybridized carbons (Fsp3) is 0.100. The first-order valence-electron chi connectivity index (χ1n) is 12.1. The monoisotopic (exact) mass is 529 g/mol. The van der Waals surface area contributed by atoms with Gasteiger partial charge in [0.15, 0.2) is 17.5 Å². The summed E-state index contributed by atoms with van der Waals surface area (Å²) in [6, 6.07) is 18.6. The highest BCUT2D eigenvalue weighted by atomic mass is 19.2. The largest absolute Gasteiger partial charge is 0.342 e. The molecule has 39 heavy (non-hydrogen) atoms. The molecule has 5 rings (SSSR count). The average Bonchev–Trinajstić information content (AvgIpc) is 3.30. The summed E-state index contributed by atoms with van der Waals surface area (Å²) in [5, 5.41) is 5.65. The topological polar surface area (TPSA) is 80.2 Å². The van der Waals surface area contributed by atoms with Gasteiger partial charge in [0.2, 0.25) is 5.91 Å². The first-order valence-corrected chi connectivity index (χ1v) is 12.1. The maximum Gasteiger partial charge on any atom is 0.263 e. The van der Waals surface area contributed by atoms with Crippen LogP contribution in [0, 0.1) is 17.5 Å². The molecule has 2 N–H and O–H groups in total. The van der Waals surface area contributed by atoms with Gasteiger partial charge in [0.05, 0.1) is 19.0 Å². The molecule has 0 radical (unpaired) electrons. The lowest BCUT2D eigenvalue weighted by Gasteiger charge is -2.16. The molecule has 0 saturated heterocycles. The maximum absolute atomic E-state index is 13.6. The third-order valence-corrected chi connectivity index (χ3v) is 6.34. The Morgan fingerprint density at radius 2 is 1.72 bits per heavy atom. The van der Waals surface area contributed by atoms with Crippen LogP contribution >= 0.6 is 0 Å². The minimum Gasteiger partial charge on any atom is -0.342 e. The molecule has 0 aliphatic carbocycles. The van der Waals surface area contributed by atoms with Crippen LogP contribution < -0.4 is 16.2 Å². The van der Waals surface area contributed by atoms with Gasteiger partial charge < -0.3 is 15.2 Å². The number of hydrogen-bond donors (Lipinski definition) is 2. The number of amides is 2. The quantitative estimate of drug-likeness (QED) is 0.331. The molecular weight excluding hydrogens is 507 g/mol. The van der Waals surface area contributed by atoms with Gasteiger partial charge in [0.1, 0.15) is 5.56 Å². The van der Waals surface area contributed by atoms with Gasteiger partial charge in [-0.25, -0.2) is 13.2 Å². The van der Waals surface area contributed by atoms with Crippen LogP contribution in [-0.2, 0) is 17.8 Å². The molecule has 0 unspecified atom stereocenters. The van der Waals surface area contributed by atoms with Gasteiger partial charge in [-0.2, -0.15) is 0 Å². The fourth-order valence-corrected chi connectivity index (χ4v) is 4.41. The zero-order valence-electron chi connectivity index (χ0n) is 20.5. The highest BCUT2D eigenvalue weighted by Gasteiger charge is 2.19. The number of fused-ring (bicyclic) bond motifs is 1. The van der Waals surface area contributed by atoms with Gasteiger partial charge in [-0.15, -0.1) is 0 Å². The molecule has 3 aromatic carbocycles. The normalized spacial score (nSPS) is 13.3. The summed E-state index contributed by atoms with van der Waals surface area (Å²) >= 11 is 0. The van der Waals surface area contributed by atoms with E-state index >= 15 is 0 Å². The molecule has 0 spiro atoms. The zero-order valence-corrected chi connectivity index (χ0v) is 20.5. The van der Waals surface area contributed by atoms with Crippen LogP contribution in [0.5, 0.6) is 0 Å². The van der Waals surface area contributed by atoms with E-state index in [-0.39, 0.29) is 23.6 Å². The smallest absolute Gasteiger partial charge is 0.263 e. The molecule has 196 valence electrons. The van der Waals surface area contributed by atoms with E-state index in [4.69, 9.17) is 0 Å². The highest BCUT2D eigenvalue weighted by molar-refractivity contribution is 5.99. The first-order chi connectivity index (χ1) is 18.8. The standard InChI is InChI=1S/C30H22F3N3O3/c31-23-14-19(15-24(32)28(23)33)17-36-12-4-7-22(30(36)39)29(38)35-25(20-5-2-1-3-6-20)10-8-18-9-11-26-21(13-18)16-27(37)34-26/h1-15,25H,16-17H2,(H,34,37)(H,35,38)/b10-8+/t25-/m0/s1. The Labute approximate surface area is 221 Å². The van der Waals surface area contributed by atoms with Crippen LogP contribution in [-0.4, -0.2) is 16.4 Å². The number of benzene rings is 3. The lowest BCUT2D eigenvalue weighted by Crippen LogP contribution is -2.34. The predicted octanol–water partition coefficient (Wildman–Crippen LogP) is 4.99. The summed E-state index contributed by atoms with van der Waals surface area (Å²) in [6.07, 6.45) is 5.28. The third-order valence-electron chi connectivity index (χ3n) is 6.34. The molecule has 2 heterocycles. The number of aromatic nitrogens is 1. The summed E-state index contributed by atoms with van der Waals surface area (Å²) in [6.45, 7) is -0.258. The van der Waals surface area contributed by atoms with Gasteiger partial charge >= 0.3 is 0 Å². The van der Waals surface area contributed by atoms with Crippen LogP contribution in [0.4, 0.5) is 18.9 Å². The van der Waals surface area contributed by atoms with Crippen LogP contribution in [0.1, 0.15) is 38.7 Å². The second-order valence-electron chi connectivity index (χ2n) is 9.09. The van der Waals surface area contributed by atoms with Crippen molar-refractivity contribution in [1.82, 2.24) is 9.88 Å². The minimum absolute atomic E-state index is 0.0300. The summed E-state index contributed by atoms with van der Waals surface area (Å²) in [5.74, 6) is -5.03. The third kappa shape index (κ3) is 5.67. The van der Waals surface area contributed by atoms with E-state index in [9.17, 15) is 27.6 Å². The Bertz CT molecular complexity index is 1640. The molecule has 6 nitrogen and oxygen atoms in total. The Kier molecular flexibility index (Phi) is 7.14. The van der Waals surface area contributed by atoms with Gasteiger partial charge in [-0.05, 0) is 58.7 Å². The van der Waals surface area contributed by atoms with Gasteiger partial charge in [0, 0.05) is 11.9 Å². The van der Waals surface area contributed by atoms with Crippen LogP contribution in [0.2, 0.25) is 0 Å². The molecule has 1 atom stereocenters. The SMILES string of the molecule is O=C1Cc2cc(/C=C/[C@H](NC(=O)c3cccn(Cc4cc(F)c(F)c(F)c4)c3=O)c3ccccc3)ccc2N1. The van der Waals surface area contributed by atoms with E-state index in [1.165, 1.54) is 18.3 Å². The second-order valence-corrected chi connectivity index (χ2v) is 9.09. The van der Waals surface area contributed by atoms with Crippen molar-refractivity contribution in [3.63, 3.8) is 0 Å². The van der Waals surface area contributed by atoms with Crippen molar-refractivity contribution in [1.29, 1.82) is 0 Å². The van der Waals surface area contributed by atoms with E-state index in [1.807, 2.05) is 54.6 Å². The van der Waals surface area contributed by atoms with E-state index in [0.717, 1.165) is 39.1 Å². The molecule has 1 aliphatic rings. The van der Waals surface area contributed by atoms with Gasteiger partial charge in [-0.3, -0.25) is 14.4 Å². The average molecular weight is 530 g/mol. The Balaban J connectivity index is 1.39. The van der Waals surface area contributed by atoms with E-state index in [2.05, 4.69) is 10.6 Å². The number of carbonyl (C=O) groups is 2. The molecule has 1 aliphatic heterocycles. The second kappa shape index (κ2) is 10.8. The summed E-state index contributed by atoms with van der Waals surface area (Å²) < 4.78 is 41.7. The van der Waals surface area contributed by atoms with Crippen molar-refractivity contribution in [3.8, 4) is 0 Å². The van der Waals surface area contributed by atoms with Crippen molar-refractivity contribution in [2.24, 2.45) is 0 Å². The van der Waals surface area contributed by atoms with Crippen molar-refractivity contribution < 1.29 is 22.8 Å². The number of nitrogens with one attached hydrogen (secondary N) is 2.